The van der Waals surface area contributed by atoms with E-state index < -0.39 is 51.8 Å². The quantitative estimate of drug-likeness (QED) is 0.0233. The standard InChI is InChI=1S/C52H93O10P/c1-3-5-7-9-11-13-15-17-19-21-23-24-26-27-29-31-33-35-37-39-41-43-51(55)59-47-50(48-61-63(57,58)60-46-49(54)45-53)62-52(56)44-42-40-38-36-34-32-30-28-25-22-20-18-16-14-12-10-8-6-4-2/h12,14,18,20,25,28,32,34,38,40,49-50,53-54H,3-11,13,15-17,19,21-24,26-27,29-31,33,35-37,39,41-48H2,1-2H3,(H,57,58)/b14-12+,20-18+,28-25+,34-32+,40-38+/t49-,50+/m0/s1. The highest BCUT2D eigenvalue weighted by molar-refractivity contribution is 7.47. The van der Waals surface area contributed by atoms with E-state index in [1.807, 2.05) is 12.2 Å². The molecular weight excluding hydrogens is 816 g/mol. The van der Waals surface area contributed by atoms with Crippen molar-refractivity contribution in [1.29, 1.82) is 0 Å². The summed E-state index contributed by atoms with van der Waals surface area (Å²) in [6, 6.07) is 0. The minimum absolute atomic E-state index is 0.0605. The first-order valence-electron chi connectivity index (χ1n) is 25.2. The molecule has 10 nitrogen and oxygen atoms in total. The second-order valence-corrected chi connectivity index (χ2v) is 18.3. The Hall–Kier alpha value is -2.33. The van der Waals surface area contributed by atoms with Gasteiger partial charge in [0.25, 0.3) is 0 Å². The van der Waals surface area contributed by atoms with Crippen molar-refractivity contribution in [2.75, 3.05) is 26.4 Å². The van der Waals surface area contributed by atoms with Crippen LogP contribution in [0.5, 0.6) is 0 Å². The molecule has 0 aromatic rings. The zero-order valence-electron chi connectivity index (χ0n) is 40.0. The number of rotatable bonds is 47. The lowest BCUT2D eigenvalue weighted by Gasteiger charge is -2.20. The van der Waals surface area contributed by atoms with Gasteiger partial charge < -0.3 is 24.6 Å². The number of carbonyl (C=O) groups is 2. The van der Waals surface area contributed by atoms with Gasteiger partial charge >= 0.3 is 19.8 Å². The number of hydrogen-bond acceptors (Lipinski definition) is 9. The van der Waals surface area contributed by atoms with Gasteiger partial charge in [0, 0.05) is 12.8 Å². The summed E-state index contributed by atoms with van der Waals surface area (Å²) in [4.78, 5) is 35.1. The lowest BCUT2D eigenvalue weighted by Crippen LogP contribution is -2.29. The van der Waals surface area contributed by atoms with E-state index in [4.69, 9.17) is 23.6 Å². The predicted octanol–water partition coefficient (Wildman–Crippen LogP) is 14.2. The second-order valence-electron chi connectivity index (χ2n) is 16.8. The highest BCUT2D eigenvalue weighted by Gasteiger charge is 2.27. The van der Waals surface area contributed by atoms with Crippen molar-refractivity contribution in [3.8, 4) is 0 Å². The van der Waals surface area contributed by atoms with E-state index in [9.17, 15) is 24.2 Å². The number of hydrogen-bond donors (Lipinski definition) is 3. The van der Waals surface area contributed by atoms with Crippen LogP contribution in [0, 0.1) is 0 Å². The van der Waals surface area contributed by atoms with Crippen molar-refractivity contribution in [1.82, 2.24) is 0 Å². The molecule has 0 rings (SSSR count). The number of esters is 2. The number of ether oxygens (including phenoxy) is 2. The Morgan fingerprint density at radius 2 is 0.857 bits per heavy atom. The zero-order valence-corrected chi connectivity index (χ0v) is 40.9. The molecule has 0 saturated heterocycles. The number of carbonyl (C=O) groups excluding carboxylic acids is 2. The summed E-state index contributed by atoms with van der Waals surface area (Å²) in [7, 11) is -4.64. The van der Waals surface area contributed by atoms with Crippen LogP contribution >= 0.6 is 7.82 Å². The average Bonchev–Trinajstić information content (AvgIpc) is 3.27. The number of aliphatic hydroxyl groups excluding tert-OH is 2. The molecule has 11 heteroatoms. The number of allylic oxidation sites excluding steroid dienone is 10. The highest BCUT2D eigenvalue weighted by Crippen LogP contribution is 2.43. The van der Waals surface area contributed by atoms with Crippen molar-refractivity contribution in [3.63, 3.8) is 0 Å². The Kier molecular flexibility index (Phi) is 45.9. The van der Waals surface area contributed by atoms with Crippen molar-refractivity contribution >= 4 is 19.8 Å². The number of phosphoric ester groups is 1. The Bertz CT molecular complexity index is 1230. The predicted molar refractivity (Wildman–Crippen MR) is 260 cm³/mol. The van der Waals surface area contributed by atoms with E-state index in [0.717, 1.165) is 44.9 Å². The first-order chi connectivity index (χ1) is 30.7. The van der Waals surface area contributed by atoms with Gasteiger partial charge in [0.1, 0.15) is 12.7 Å². The van der Waals surface area contributed by atoms with Crippen LogP contribution in [0.2, 0.25) is 0 Å². The van der Waals surface area contributed by atoms with Gasteiger partial charge in [0.05, 0.1) is 19.8 Å². The van der Waals surface area contributed by atoms with Gasteiger partial charge in [-0.3, -0.25) is 18.6 Å². The number of phosphoric acid groups is 1. The summed E-state index contributed by atoms with van der Waals surface area (Å²) in [6.45, 7) is 2.30. The third-order valence-electron chi connectivity index (χ3n) is 10.7. The van der Waals surface area contributed by atoms with Gasteiger partial charge in [-0.2, -0.15) is 0 Å². The van der Waals surface area contributed by atoms with Crippen molar-refractivity contribution in [3.05, 3.63) is 60.8 Å². The Balaban J connectivity index is 4.28. The van der Waals surface area contributed by atoms with Crippen LogP contribution in [-0.4, -0.2) is 65.7 Å². The third kappa shape index (κ3) is 47.5. The molecule has 3 atom stereocenters. The molecule has 3 N–H and O–H groups in total. The average molecular weight is 909 g/mol. The van der Waals surface area contributed by atoms with Gasteiger partial charge in [0.2, 0.25) is 0 Å². The van der Waals surface area contributed by atoms with Crippen LogP contribution in [0.1, 0.15) is 219 Å². The van der Waals surface area contributed by atoms with Gasteiger partial charge in [-0.15, -0.1) is 0 Å². The molecule has 366 valence electrons. The maximum absolute atomic E-state index is 12.6. The summed E-state index contributed by atoms with van der Waals surface area (Å²) in [6.07, 6.45) is 54.9. The van der Waals surface area contributed by atoms with Crippen LogP contribution in [0.25, 0.3) is 0 Å². The van der Waals surface area contributed by atoms with E-state index in [-0.39, 0.29) is 19.4 Å². The Morgan fingerprint density at radius 1 is 0.476 bits per heavy atom. The molecular formula is C52H93O10P. The van der Waals surface area contributed by atoms with E-state index in [1.54, 1.807) is 0 Å². The molecule has 0 aromatic carbocycles. The topological polar surface area (TPSA) is 149 Å². The van der Waals surface area contributed by atoms with E-state index >= 15 is 0 Å². The molecule has 1 unspecified atom stereocenters. The Labute approximate surface area is 385 Å². The molecule has 0 fully saturated rings. The first kappa shape index (κ1) is 60.7. The molecule has 0 aromatic heterocycles. The van der Waals surface area contributed by atoms with E-state index in [1.165, 1.54) is 135 Å². The summed E-state index contributed by atoms with van der Waals surface area (Å²) in [5.41, 5.74) is 0. The first-order valence-corrected chi connectivity index (χ1v) is 26.7. The minimum Gasteiger partial charge on any atom is -0.462 e. The number of unbranched alkanes of at least 4 members (excludes halogenated alkanes) is 23. The van der Waals surface area contributed by atoms with Gasteiger partial charge in [-0.05, 0) is 51.4 Å². The molecule has 0 aliphatic carbocycles. The zero-order chi connectivity index (χ0) is 46.2. The van der Waals surface area contributed by atoms with Gasteiger partial charge in [-0.25, -0.2) is 4.57 Å². The fraction of sp³-hybridized carbons (Fsp3) is 0.769. The summed E-state index contributed by atoms with van der Waals surface area (Å²) in [5.74, 6) is -1.01. The Morgan fingerprint density at radius 3 is 1.30 bits per heavy atom. The molecule has 0 heterocycles. The number of aliphatic hydroxyl groups is 2. The summed E-state index contributed by atoms with van der Waals surface area (Å²) >= 11 is 0. The van der Waals surface area contributed by atoms with Crippen LogP contribution < -0.4 is 0 Å². The molecule has 0 aliphatic rings. The monoisotopic (exact) mass is 909 g/mol. The van der Waals surface area contributed by atoms with Crippen LogP contribution in [0.3, 0.4) is 0 Å². The van der Waals surface area contributed by atoms with Crippen LogP contribution in [0.15, 0.2) is 60.8 Å². The second kappa shape index (κ2) is 47.6. The van der Waals surface area contributed by atoms with Crippen LogP contribution in [-0.2, 0) is 32.7 Å². The highest BCUT2D eigenvalue weighted by atomic mass is 31.2. The van der Waals surface area contributed by atoms with Crippen LogP contribution in [0.4, 0.5) is 0 Å². The summed E-state index contributed by atoms with van der Waals surface area (Å²) in [5, 5.41) is 18.4. The fourth-order valence-electron chi connectivity index (χ4n) is 6.80. The molecule has 0 amide bonds. The molecule has 0 bridgehead atoms. The fourth-order valence-corrected chi connectivity index (χ4v) is 7.59. The largest absolute Gasteiger partial charge is 0.472 e. The molecule has 0 spiro atoms. The molecule has 0 radical (unpaired) electrons. The summed E-state index contributed by atoms with van der Waals surface area (Å²) < 4.78 is 32.8. The SMILES string of the molecule is CCCCC/C=C/C/C=C/C/C=C/C/C=C/C/C=C/CCC(=O)O[C@H](COC(=O)CCCCCCCCCCCCCCCCCCCCCCC)COP(=O)(O)OC[C@@H](O)CO. The van der Waals surface area contributed by atoms with Crippen molar-refractivity contribution < 1.29 is 47.8 Å². The smallest absolute Gasteiger partial charge is 0.462 e. The van der Waals surface area contributed by atoms with Crippen molar-refractivity contribution in [2.24, 2.45) is 0 Å². The van der Waals surface area contributed by atoms with Gasteiger partial charge in [0.15, 0.2) is 6.10 Å². The lowest BCUT2D eigenvalue weighted by molar-refractivity contribution is -0.161. The maximum Gasteiger partial charge on any atom is 0.472 e. The lowest BCUT2D eigenvalue weighted by atomic mass is 10.0. The maximum atomic E-state index is 12.6. The van der Waals surface area contributed by atoms with E-state index in [0.29, 0.717) is 12.8 Å². The van der Waals surface area contributed by atoms with Gasteiger partial charge in [-0.1, -0.05) is 216 Å². The normalized spacial score (nSPS) is 14.2. The molecule has 0 aliphatic heterocycles. The molecule has 63 heavy (non-hydrogen) atoms. The minimum atomic E-state index is -4.64. The third-order valence-corrected chi connectivity index (χ3v) is 11.6. The molecule has 0 saturated carbocycles. The van der Waals surface area contributed by atoms with Crippen molar-refractivity contribution in [2.45, 2.75) is 232 Å². The van der Waals surface area contributed by atoms with E-state index in [2.05, 4.69) is 62.5 Å².